The van der Waals surface area contributed by atoms with Crippen LogP contribution in [0.3, 0.4) is 0 Å². The van der Waals surface area contributed by atoms with Crippen LogP contribution in [0.2, 0.25) is 0 Å². The molecule has 5 N–H and O–H groups in total. The standard InChI is InChI=1S/C12H16N4O4/c13-10(17)7-9(11(18)19)16-12(20)15-6-3-8-1-4-14-5-2-8/h1-2,4-5,9H,3,6-7H2,(H2,13,17)(H,18,19)(H2,15,16,20)/t9-/m0/s1. The van der Waals surface area contributed by atoms with E-state index >= 15 is 0 Å². The number of hydrogen-bond acceptors (Lipinski definition) is 4. The van der Waals surface area contributed by atoms with Crippen molar-refractivity contribution in [1.82, 2.24) is 15.6 Å². The number of carbonyl (C=O) groups excluding carboxylic acids is 2. The van der Waals surface area contributed by atoms with Gasteiger partial charge in [0.25, 0.3) is 0 Å². The number of pyridine rings is 1. The highest BCUT2D eigenvalue weighted by Gasteiger charge is 2.21. The maximum Gasteiger partial charge on any atom is 0.326 e. The Morgan fingerprint density at radius 3 is 2.50 bits per heavy atom. The molecule has 0 unspecified atom stereocenters. The summed E-state index contributed by atoms with van der Waals surface area (Å²) in [6.45, 7) is 0.332. The fraction of sp³-hybridized carbons (Fsp3) is 0.333. The van der Waals surface area contributed by atoms with E-state index in [2.05, 4.69) is 15.6 Å². The van der Waals surface area contributed by atoms with Crippen LogP contribution in [-0.4, -0.2) is 40.6 Å². The van der Waals surface area contributed by atoms with Crippen molar-refractivity contribution in [1.29, 1.82) is 0 Å². The van der Waals surface area contributed by atoms with Crippen molar-refractivity contribution in [2.75, 3.05) is 6.54 Å². The van der Waals surface area contributed by atoms with Crippen LogP contribution in [0.15, 0.2) is 24.5 Å². The third-order valence-electron chi connectivity index (χ3n) is 2.46. The van der Waals surface area contributed by atoms with Gasteiger partial charge in [-0.3, -0.25) is 9.78 Å². The van der Waals surface area contributed by atoms with Gasteiger partial charge in [-0.15, -0.1) is 0 Å². The van der Waals surface area contributed by atoms with Crippen LogP contribution >= 0.6 is 0 Å². The van der Waals surface area contributed by atoms with Gasteiger partial charge < -0.3 is 21.5 Å². The van der Waals surface area contributed by atoms with Crippen molar-refractivity contribution in [3.8, 4) is 0 Å². The first kappa shape index (κ1) is 15.4. The van der Waals surface area contributed by atoms with Gasteiger partial charge in [-0.25, -0.2) is 9.59 Å². The highest BCUT2D eigenvalue weighted by atomic mass is 16.4. The second-order valence-corrected chi connectivity index (χ2v) is 4.07. The maximum atomic E-state index is 11.5. The number of nitrogens with one attached hydrogen (secondary N) is 2. The fourth-order valence-corrected chi connectivity index (χ4v) is 1.48. The number of primary amides is 1. The molecule has 20 heavy (non-hydrogen) atoms. The molecule has 0 fully saturated rings. The SMILES string of the molecule is NC(=O)C[C@H](NC(=O)NCCc1ccncc1)C(=O)O. The lowest BCUT2D eigenvalue weighted by Gasteiger charge is -2.13. The lowest BCUT2D eigenvalue weighted by molar-refractivity contribution is -0.140. The van der Waals surface area contributed by atoms with Gasteiger partial charge in [-0.05, 0) is 24.1 Å². The number of nitrogens with two attached hydrogens (primary N) is 1. The smallest absolute Gasteiger partial charge is 0.326 e. The van der Waals surface area contributed by atoms with Crippen molar-refractivity contribution in [2.24, 2.45) is 5.73 Å². The first-order valence-corrected chi connectivity index (χ1v) is 5.93. The predicted octanol–water partition coefficient (Wildman–Crippen LogP) is -0.748. The number of carbonyl (C=O) groups is 3. The van der Waals surface area contributed by atoms with E-state index in [0.717, 1.165) is 5.56 Å². The molecule has 1 heterocycles. The Kier molecular flexibility index (Phi) is 5.95. The van der Waals surface area contributed by atoms with Crippen LogP contribution in [0.1, 0.15) is 12.0 Å². The summed E-state index contributed by atoms with van der Waals surface area (Å²) in [6, 6.07) is 1.64. The second kappa shape index (κ2) is 7.72. The first-order valence-electron chi connectivity index (χ1n) is 5.93. The Bertz CT molecular complexity index is 478. The van der Waals surface area contributed by atoms with Crippen molar-refractivity contribution in [2.45, 2.75) is 18.9 Å². The Hall–Kier alpha value is -2.64. The quantitative estimate of drug-likeness (QED) is 0.521. The molecule has 8 heteroatoms. The van der Waals surface area contributed by atoms with E-state index in [1.54, 1.807) is 12.4 Å². The lowest BCUT2D eigenvalue weighted by Crippen LogP contribution is -2.48. The number of carboxylic acid groups (broad SMARTS) is 1. The Morgan fingerprint density at radius 2 is 1.95 bits per heavy atom. The summed E-state index contributed by atoms with van der Waals surface area (Å²) in [5.41, 5.74) is 5.90. The predicted molar refractivity (Wildman–Crippen MR) is 69.7 cm³/mol. The minimum Gasteiger partial charge on any atom is -0.480 e. The zero-order chi connectivity index (χ0) is 15.0. The van der Waals surface area contributed by atoms with Gasteiger partial charge in [-0.1, -0.05) is 0 Å². The van der Waals surface area contributed by atoms with E-state index in [4.69, 9.17) is 10.8 Å². The van der Waals surface area contributed by atoms with Crippen LogP contribution in [0, 0.1) is 0 Å². The molecule has 0 spiro atoms. The van der Waals surface area contributed by atoms with Crippen molar-refractivity contribution >= 4 is 17.9 Å². The van der Waals surface area contributed by atoms with Gasteiger partial charge >= 0.3 is 12.0 Å². The minimum absolute atomic E-state index is 0.332. The topological polar surface area (TPSA) is 134 Å². The Morgan fingerprint density at radius 1 is 1.30 bits per heavy atom. The zero-order valence-electron chi connectivity index (χ0n) is 10.7. The van der Waals surface area contributed by atoms with Gasteiger partial charge in [0.1, 0.15) is 6.04 Å². The number of aromatic nitrogens is 1. The van der Waals surface area contributed by atoms with Crippen molar-refractivity contribution in [3.05, 3.63) is 30.1 Å². The Balaban J connectivity index is 2.35. The largest absolute Gasteiger partial charge is 0.480 e. The van der Waals surface area contributed by atoms with Gasteiger partial charge in [0.15, 0.2) is 0 Å². The monoisotopic (exact) mass is 280 g/mol. The lowest BCUT2D eigenvalue weighted by atomic mass is 10.2. The average molecular weight is 280 g/mol. The van der Waals surface area contributed by atoms with E-state index in [1.165, 1.54) is 0 Å². The number of nitrogens with zero attached hydrogens (tertiary/aromatic N) is 1. The number of urea groups is 1. The summed E-state index contributed by atoms with van der Waals surface area (Å²) >= 11 is 0. The molecule has 108 valence electrons. The van der Waals surface area contributed by atoms with Gasteiger partial charge in [0, 0.05) is 18.9 Å². The molecule has 0 aliphatic rings. The summed E-state index contributed by atoms with van der Waals surface area (Å²) in [5.74, 6) is -2.11. The van der Waals surface area contributed by atoms with Crippen LogP contribution in [0.25, 0.3) is 0 Å². The highest BCUT2D eigenvalue weighted by Crippen LogP contribution is 1.96. The molecule has 0 saturated carbocycles. The van der Waals surface area contributed by atoms with Crippen molar-refractivity contribution < 1.29 is 19.5 Å². The number of rotatable bonds is 7. The molecular weight excluding hydrogens is 264 g/mol. The fourth-order valence-electron chi connectivity index (χ4n) is 1.48. The molecule has 0 saturated heterocycles. The molecular formula is C12H16N4O4. The normalized spacial score (nSPS) is 11.4. The first-order chi connectivity index (χ1) is 9.49. The second-order valence-electron chi connectivity index (χ2n) is 4.07. The van der Waals surface area contributed by atoms with Gasteiger partial charge in [0.05, 0.1) is 6.42 Å². The van der Waals surface area contributed by atoms with E-state index < -0.39 is 30.4 Å². The van der Waals surface area contributed by atoms with Crippen LogP contribution in [0.4, 0.5) is 4.79 Å². The average Bonchev–Trinajstić information content (AvgIpc) is 2.38. The third kappa shape index (κ3) is 5.80. The molecule has 8 nitrogen and oxygen atoms in total. The molecule has 1 rings (SSSR count). The number of hydrogen-bond donors (Lipinski definition) is 4. The van der Waals surface area contributed by atoms with Gasteiger partial charge in [0.2, 0.25) is 5.91 Å². The van der Waals surface area contributed by atoms with E-state index in [-0.39, 0.29) is 0 Å². The number of aliphatic carboxylic acids is 1. The molecule has 1 atom stereocenters. The molecule has 0 bridgehead atoms. The zero-order valence-corrected chi connectivity index (χ0v) is 10.7. The molecule has 0 radical (unpaired) electrons. The molecule has 0 aliphatic heterocycles. The van der Waals surface area contributed by atoms with E-state index in [9.17, 15) is 14.4 Å². The summed E-state index contributed by atoms with van der Waals surface area (Å²) in [6.07, 6.45) is 3.42. The van der Waals surface area contributed by atoms with Crippen LogP contribution in [0.5, 0.6) is 0 Å². The molecule has 0 aliphatic carbocycles. The number of carboxylic acids is 1. The number of amides is 3. The molecule has 1 aromatic rings. The van der Waals surface area contributed by atoms with Crippen LogP contribution in [-0.2, 0) is 16.0 Å². The third-order valence-corrected chi connectivity index (χ3v) is 2.46. The molecule has 3 amide bonds. The van der Waals surface area contributed by atoms with Crippen molar-refractivity contribution in [3.63, 3.8) is 0 Å². The summed E-state index contributed by atoms with van der Waals surface area (Å²) < 4.78 is 0. The van der Waals surface area contributed by atoms with E-state index in [1.807, 2.05) is 12.1 Å². The molecule has 1 aromatic heterocycles. The Labute approximate surface area is 115 Å². The highest BCUT2D eigenvalue weighted by molar-refractivity contribution is 5.87. The molecule has 0 aromatic carbocycles. The maximum absolute atomic E-state index is 11.5. The van der Waals surface area contributed by atoms with Crippen LogP contribution < -0.4 is 16.4 Å². The van der Waals surface area contributed by atoms with Gasteiger partial charge in [-0.2, -0.15) is 0 Å². The van der Waals surface area contributed by atoms with E-state index in [0.29, 0.717) is 13.0 Å². The summed E-state index contributed by atoms with van der Waals surface area (Å²) in [5, 5.41) is 13.5. The minimum atomic E-state index is -1.33. The summed E-state index contributed by atoms with van der Waals surface area (Å²) in [4.78, 5) is 36.8. The summed E-state index contributed by atoms with van der Waals surface area (Å²) in [7, 11) is 0.